The summed E-state index contributed by atoms with van der Waals surface area (Å²) in [5.41, 5.74) is 6.30. The molecule has 44 heavy (non-hydrogen) atoms. The number of nitrogens with one attached hydrogen (secondary N) is 2. The molecule has 230 valence electrons. The first-order valence-electron chi connectivity index (χ1n) is 15.0. The van der Waals surface area contributed by atoms with Crippen molar-refractivity contribution < 1.29 is 9.59 Å². The molecule has 5 rings (SSSR count). The molecule has 0 spiro atoms. The molecule has 1 fully saturated rings. The lowest BCUT2D eigenvalue weighted by atomic mass is 9.98. The summed E-state index contributed by atoms with van der Waals surface area (Å²) in [7, 11) is 0. The summed E-state index contributed by atoms with van der Waals surface area (Å²) < 4.78 is 4.12. The van der Waals surface area contributed by atoms with E-state index in [4.69, 9.17) is 9.97 Å². The molecule has 0 atom stereocenters. The van der Waals surface area contributed by atoms with E-state index >= 15 is 0 Å². The molecule has 0 bridgehead atoms. The molecule has 1 aromatic carbocycles. The number of fused-ring (bicyclic) bond motifs is 1. The Morgan fingerprint density at radius 1 is 1.11 bits per heavy atom. The third kappa shape index (κ3) is 6.94. The molecule has 4 aromatic rings. The molecule has 3 aromatic heterocycles. The van der Waals surface area contributed by atoms with E-state index < -0.39 is 0 Å². The molecule has 11 heteroatoms. The summed E-state index contributed by atoms with van der Waals surface area (Å²) in [6.07, 6.45) is 6.54. The van der Waals surface area contributed by atoms with Gasteiger partial charge in [0.15, 0.2) is 5.65 Å². The standard InChI is InChI=1S/C33H39IN8O2/c1-6-8-23-15-22(5)16-29(38-31(43)7-2)26(23)19-36-33(44)25-17-28(39-32-27(25)20-37-42(32)21(3)4)24-9-10-30(35-18-24)40-11-13-41(34)14-12-40/h7,9-10,15-18,20-21H,2,6,8,11-14,19H2,1,3-5H3,(H,36,44)(H,38,43). The van der Waals surface area contributed by atoms with E-state index in [-0.39, 0.29) is 24.4 Å². The third-order valence-electron chi connectivity index (χ3n) is 7.77. The zero-order chi connectivity index (χ0) is 31.4. The van der Waals surface area contributed by atoms with Crippen LogP contribution in [0.4, 0.5) is 11.5 Å². The Kier molecular flexibility index (Phi) is 9.94. The number of benzene rings is 1. The van der Waals surface area contributed by atoms with Crippen LogP contribution < -0.4 is 15.5 Å². The minimum absolute atomic E-state index is 0.0587. The third-order valence-corrected chi connectivity index (χ3v) is 8.73. The maximum absolute atomic E-state index is 13.9. The van der Waals surface area contributed by atoms with E-state index in [1.54, 1.807) is 6.20 Å². The first kappa shape index (κ1) is 31.6. The van der Waals surface area contributed by atoms with Crippen LogP contribution in [0.5, 0.6) is 0 Å². The van der Waals surface area contributed by atoms with Crippen LogP contribution in [0, 0.1) is 6.92 Å². The van der Waals surface area contributed by atoms with Gasteiger partial charge in [-0.05, 0) is 74.2 Å². The number of hydrogen-bond acceptors (Lipinski definition) is 7. The van der Waals surface area contributed by atoms with Gasteiger partial charge in [-0.3, -0.25) is 9.59 Å². The van der Waals surface area contributed by atoms with E-state index in [0.717, 1.165) is 67.1 Å². The minimum atomic E-state index is -0.292. The highest BCUT2D eigenvalue weighted by atomic mass is 127. The van der Waals surface area contributed by atoms with Gasteiger partial charge in [0.1, 0.15) is 5.82 Å². The number of carbonyl (C=O) groups is 2. The highest BCUT2D eigenvalue weighted by Crippen LogP contribution is 2.29. The van der Waals surface area contributed by atoms with Gasteiger partial charge in [-0.1, -0.05) is 26.0 Å². The fourth-order valence-corrected chi connectivity index (χ4v) is 5.95. The Labute approximate surface area is 272 Å². The first-order valence-corrected chi connectivity index (χ1v) is 16.0. The van der Waals surface area contributed by atoms with Gasteiger partial charge in [-0.15, -0.1) is 0 Å². The fraction of sp³-hybridized carbons (Fsp3) is 0.364. The predicted octanol–water partition coefficient (Wildman–Crippen LogP) is 5.86. The van der Waals surface area contributed by atoms with Crippen LogP contribution in [0.15, 0.2) is 55.4 Å². The fourth-order valence-electron chi connectivity index (χ4n) is 5.52. The summed E-state index contributed by atoms with van der Waals surface area (Å²) in [6.45, 7) is 15.9. The Hall–Kier alpha value is -3.84. The zero-order valence-electron chi connectivity index (χ0n) is 25.7. The molecular weight excluding hydrogens is 667 g/mol. The van der Waals surface area contributed by atoms with E-state index in [1.165, 1.54) is 6.08 Å². The number of pyridine rings is 2. The zero-order valence-corrected chi connectivity index (χ0v) is 27.9. The average Bonchev–Trinajstić information content (AvgIpc) is 3.45. The number of nitrogens with zero attached hydrogens (tertiary/aromatic N) is 6. The molecule has 0 radical (unpaired) electrons. The first-order chi connectivity index (χ1) is 21.2. The number of piperazine rings is 1. The SMILES string of the molecule is C=CC(=O)Nc1cc(C)cc(CCC)c1CNC(=O)c1cc(-c2ccc(N3CCN(I)CC3)nc2)nc2c1cnn2C(C)C. The van der Waals surface area contributed by atoms with E-state index in [0.29, 0.717) is 28.0 Å². The largest absolute Gasteiger partial charge is 0.354 e. The summed E-state index contributed by atoms with van der Waals surface area (Å²) in [5, 5.41) is 11.3. The van der Waals surface area contributed by atoms with Crippen molar-refractivity contribution in [2.45, 2.75) is 53.1 Å². The Balaban J connectivity index is 1.48. The highest BCUT2D eigenvalue weighted by Gasteiger charge is 2.21. The van der Waals surface area contributed by atoms with E-state index in [1.807, 2.05) is 55.9 Å². The summed E-state index contributed by atoms with van der Waals surface area (Å²) in [5.74, 6) is 0.399. The van der Waals surface area contributed by atoms with Gasteiger partial charge in [0, 0.05) is 79.1 Å². The Morgan fingerprint density at radius 2 is 1.89 bits per heavy atom. The van der Waals surface area contributed by atoms with Gasteiger partial charge in [-0.25, -0.2) is 17.8 Å². The summed E-state index contributed by atoms with van der Waals surface area (Å²) >= 11 is 2.36. The molecule has 4 heterocycles. The molecule has 1 aliphatic heterocycles. The maximum Gasteiger partial charge on any atom is 0.252 e. The van der Waals surface area contributed by atoms with E-state index in [2.05, 4.69) is 66.2 Å². The molecule has 2 N–H and O–H groups in total. The maximum atomic E-state index is 13.9. The van der Waals surface area contributed by atoms with Crippen LogP contribution >= 0.6 is 22.9 Å². The van der Waals surface area contributed by atoms with Gasteiger partial charge < -0.3 is 15.5 Å². The highest BCUT2D eigenvalue weighted by molar-refractivity contribution is 14.1. The lowest BCUT2D eigenvalue weighted by molar-refractivity contribution is -0.111. The van der Waals surface area contributed by atoms with Crippen LogP contribution in [-0.2, 0) is 17.8 Å². The van der Waals surface area contributed by atoms with Crippen molar-refractivity contribution in [3.63, 3.8) is 0 Å². The monoisotopic (exact) mass is 706 g/mol. The smallest absolute Gasteiger partial charge is 0.252 e. The van der Waals surface area contributed by atoms with Crippen molar-refractivity contribution in [3.8, 4) is 11.3 Å². The van der Waals surface area contributed by atoms with Crippen LogP contribution in [-0.4, -0.2) is 60.9 Å². The van der Waals surface area contributed by atoms with Crippen molar-refractivity contribution >= 4 is 57.2 Å². The topological polar surface area (TPSA) is 108 Å². The summed E-state index contributed by atoms with van der Waals surface area (Å²) in [6, 6.07) is 9.96. The van der Waals surface area contributed by atoms with E-state index in [9.17, 15) is 9.59 Å². The molecule has 1 aliphatic rings. The molecule has 0 aliphatic carbocycles. The Bertz CT molecular complexity index is 1670. The number of hydrogen-bond donors (Lipinski definition) is 2. The van der Waals surface area contributed by atoms with Gasteiger partial charge in [0.25, 0.3) is 5.91 Å². The number of anilines is 2. The van der Waals surface area contributed by atoms with Crippen molar-refractivity contribution in [2.24, 2.45) is 0 Å². The molecule has 1 saturated heterocycles. The number of aromatic nitrogens is 4. The van der Waals surface area contributed by atoms with Gasteiger partial charge in [0.2, 0.25) is 5.91 Å². The van der Waals surface area contributed by atoms with Crippen LogP contribution in [0.25, 0.3) is 22.3 Å². The summed E-state index contributed by atoms with van der Waals surface area (Å²) in [4.78, 5) is 38.1. The molecular formula is C33H39IN8O2. The molecule has 10 nitrogen and oxygen atoms in total. The lowest BCUT2D eigenvalue weighted by Gasteiger charge is -2.32. The molecule has 0 unspecified atom stereocenters. The second-order valence-corrected chi connectivity index (χ2v) is 12.7. The number of rotatable bonds is 10. The second kappa shape index (κ2) is 13.9. The van der Waals surface area contributed by atoms with Crippen molar-refractivity contribution in [3.05, 3.63) is 77.6 Å². The normalized spacial score (nSPS) is 13.8. The molecule has 2 amide bonds. The number of amides is 2. The second-order valence-electron chi connectivity index (χ2n) is 11.4. The van der Waals surface area contributed by atoms with Crippen LogP contribution in [0.3, 0.4) is 0 Å². The lowest BCUT2D eigenvalue weighted by Crippen LogP contribution is -2.42. The Morgan fingerprint density at radius 3 is 2.55 bits per heavy atom. The minimum Gasteiger partial charge on any atom is -0.354 e. The number of carbonyl (C=O) groups excluding carboxylic acids is 2. The van der Waals surface area contributed by atoms with Gasteiger partial charge in [0.05, 0.1) is 22.8 Å². The van der Waals surface area contributed by atoms with Crippen LogP contribution in [0.1, 0.15) is 60.3 Å². The van der Waals surface area contributed by atoms with Crippen molar-refractivity contribution in [1.29, 1.82) is 0 Å². The quantitative estimate of drug-likeness (QED) is 0.121. The van der Waals surface area contributed by atoms with Gasteiger partial charge in [-0.2, -0.15) is 5.10 Å². The van der Waals surface area contributed by atoms with Crippen molar-refractivity contribution in [2.75, 3.05) is 36.4 Å². The number of aryl methyl sites for hydroxylation is 2. The molecule has 0 saturated carbocycles. The van der Waals surface area contributed by atoms with Crippen molar-refractivity contribution in [1.82, 2.24) is 28.2 Å². The van der Waals surface area contributed by atoms with Gasteiger partial charge >= 0.3 is 0 Å². The number of halogens is 1. The predicted molar refractivity (Wildman–Crippen MR) is 184 cm³/mol. The van der Waals surface area contributed by atoms with Crippen LogP contribution in [0.2, 0.25) is 0 Å². The average molecular weight is 707 g/mol.